The topological polar surface area (TPSA) is 109 Å². The molecule has 0 unspecified atom stereocenters. The third kappa shape index (κ3) is 7.45. The number of carbonyl (C=O) groups excluding carboxylic acids is 1. The lowest BCUT2D eigenvalue weighted by atomic mass is 10.2. The van der Waals surface area contributed by atoms with Crippen molar-refractivity contribution in [2.24, 2.45) is 0 Å². The van der Waals surface area contributed by atoms with Crippen LogP contribution in [0, 0.1) is 6.92 Å². The lowest BCUT2D eigenvalue weighted by Crippen LogP contribution is -2.25. The molecule has 0 atom stereocenters. The first-order valence-corrected chi connectivity index (χ1v) is 12.2. The Labute approximate surface area is 171 Å². The third-order valence-electron chi connectivity index (χ3n) is 4.02. The largest absolute Gasteiger partial charge is 0.326 e. The van der Waals surface area contributed by atoms with E-state index in [0.717, 1.165) is 5.56 Å². The van der Waals surface area contributed by atoms with Gasteiger partial charge >= 0.3 is 0 Å². The van der Waals surface area contributed by atoms with Crippen molar-refractivity contribution in [1.82, 2.24) is 4.72 Å². The number of hydrogen-bond acceptors (Lipinski definition) is 5. The van der Waals surface area contributed by atoms with Gasteiger partial charge in [-0.3, -0.25) is 4.79 Å². The van der Waals surface area contributed by atoms with Crippen LogP contribution < -0.4 is 10.0 Å². The molecule has 9 heteroatoms. The van der Waals surface area contributed by atoms with E-state index in [1.165, 1.54) is 18.2 Å². The van der Waals surface area contributed by atoms with Gasteiger partial charge in [0, 0.05) is 18.7 Å². The Kier molecular flexibility index (Phi) is 7.72. The van der Waals surface area contributed by atoms with Gasteiger partial charge in [0.2, 0.25) is 15.9 Å². The quantitative estimate of drug-likeness (QED) is 0.556. The summed E-state index contributed by atoms with van der Waals surface area (Å²) in [5.74, 6) is -0.925. The second-order valence-electron chi connectivity index (χ2n) is 6.52. The van der Waals surface area contributed by atoms with Crippen LogP contribution >= 0.6 is 0 Å². The van der Waals surface area contributed by atoms with Gasteiger partial charge < -0.3 is 5.32 Å². The fraction of sp³-hybridized carbons (Fsp3) is 0.250. The Morgan fingerprint density at radius 3 is 2.21 bits per heavy atom. The molecule has 2 aromatic carbocycles. The predicted molar refractivity (Wildman–Crippen MR) is 114 cm³/mol. The van der Waals surface area contributed by atoms with Crippen molar-refractivity contribution in [3.05, 3.63) is 72.3 Å². The molecule has 2 aromatic rings. The second-order valence-corrected chi connectivity index (χ2v) is 10.4. The minimum atomic E-state index is -3.54. The summed E-state index contributed by atoms with van der Waals surface area (Å²) in [4.78, 5) is 12.3. The first kappa shape index (κ1) is 22.8. The van der Waals surface area contributed by atoms with Crippen molar-refractivity contribution in [3.63, 3.8) is 0 Å². The molecule has 0 fully saturated rings. The number of amides is 1. The number of sulfonamides is 1. The number of aryl methyl sites for hydroxylation is 1. The Morgan fingerprint density at radius 2 is 1.62 bits per heavy atom. The van der Waals surface area contributed by atoms with Crippen molar-refractivity contribution < 1.29 is 21.6 Å². The fourth-order valence-corrected chi connectivity index (χ4v) is 4.80. The summed E-state index contributed by atoms with van der Waals surface area (Å²) in [7, 11) is -7.00. The molecule has 29 heavy (non-hydrogen) atoms. The molecule has 2 N–H and O–H groups in total. The van der Waals surface area contributed by atoms with E-state index < -0.39 is 25.8 Å². The Bertz CT molecular complexity index is 1060. The van der Waals surface area contributed by atoms with E-state index >= 15 is 0 Å². The standard InChI is InChI=1S/C20H24N2O5S2/c1-3-13-21-29(26,27)15-17-6-8-18(9-7-17)22-20(23)12-14-28(24,25)19-10-4-16(2)5-11-19/h3-11,21H,1,12-15H2,2H3,(H,22,23). The van der Waals surface area contributed by atoms with Gasteiger partial charge in [0.05, 0.1) is 16.4 Å². The second kappa shape index (κ2) is 9.82. The maximum absolute atomic E-state index is 12.3. The highest BCUT2D eigenvalue weighted by Gasteiger charge is 2.16. The summed E-state index contributed by atoms with van der Waals surface area (Å²) in [6, 6.07) is 12.8. The molecule has 0 aliphatic heterocycles. The zero-order valence-electron chi connectivity index (χ0n) is 16.1. The summed E-state index contributed by atoms with van der Waals surface area (Å²) in [5, 5.41) is 2.62. The van der Waals surface area contributed by atoms with Gasteiger partial charge in [-0.1, -0.05) is 35.9 Å². The van der Waals surface area contributed by atoms with E-state index in [9.17, 15) is 21.6 Å². The van der Waals surface area contributed by atoms with Crippen LogP contribution in [0.5, 0.6) is 0 Å². The molecule has 0 heterocycles. The number of hydrogen-bond donors (Lipinski definition) is 2. The number of nitrogens with one attached hydrogen (secondary N) is 2. The number of benzene rings is 2. The highest BCUT2D eigenvalue weighted by atomic mass is 32.2. The van der Waals surface area contributed by atoms with Crippen molar-refractivity contribution in [3.8, 4) is 0 Å². The van der Waals surface area contributed by atoms with Crippen LogP contribution in [0.2, 0.25) is 0 Å². The van der Waals surface area contributed by atoms with E-state index in [1.54, 1.807) is 36.4 Å². The molecule has 0 spiro atoms. The minimum Gasteiger partial charge on any atom is -0.326 e. The van der Waals surface area contributed by atoms with Crippen molar-refractivity contribution in [2.75, 3.05) is 17.6 Å². The minimum absolute atomic E-state index is 0.155. The molecule has 7 nitrogen and oxygen atoms in total. The maximum Gasteiger partial charge on any atom is 0.225 e. The maximum atomic E-state index is 12.3. The van der Waals surface area contributed by atoms with Gasteiger partial charge in [-0.25, -0.2) is 21.6 Å². The van der Waals surface area contributed by atoms with Crippen LogP contribution in [0.15, 0.2) is 66.1 Å². The molecular weight excluding hydrogens is 412 g/mol. The third-order valence-corrected chi connectivity index (χ3v) is 7.07. The van der Waals surface area contributed by atoms with Crippen LogP contribution in [0.1, 0.15) is 17.5 Å². The molecule has 0 saturated heterocycles. The normalized spacial score (nSPS) is 11.8. The van der Waals surface area contributed by atoms with Crippen LogP contribution in [-0.2, 0) is 30.4 Å². The van der Waals surface area contributed by atoms with E-state index in [4.69, 9.17) is 0 Å². The SMILES string of the molecule is C=CCNS(=O)(=O)Cc1ccc(NC(=O)CCS(=O)(=O)c2ccc(C)cc2)cc1. The highest BCUT2D eigenvalue weighted by Crippen LogP contribution is 2.15. The molecular formula is C20H24N2O5S2. The summed E-state index contributed by atoms with van der Waals surface area (Å²) in [5.41, 5.74) is 1.97. The van der Waals surface area contributed by atoms with E-state index in [2.05, 4.69) is 16.6 Å². The predicted octanol–water partition coefficient (Wildman–Crippen LogP) is 2.40. The van der Waals surface area contributed by atoms with Crippen molar-refractivity contribution >= 4 is 31.5 Å². The van der Waals surface area contributed by atoms with Gasteiger partial charge in [-0.2, -0.15) is 0 Å². The molecule has 0 saturated carbocycles. The van der Waals surface area contributed by atoms with Gasteiger partial charge in [0.25, 0.3) is 0 Å². The molecule has 0 aromatic heterocycles. The van der Waals surface area contributed by atoms with E-state index in [-0.39, 0.29) is 29.4 Å². The fourth-order valence-electron chi connectivity index (χ4n) is 2.45. The van der Waals surface area contributed by atoms with Gasteiger partial charge in [-0.05, 0) is 36.8 Å². The first-order chi connectivity index (χ1) is 13.6. The molecule has 2 rings (SSSR count). The zero-order valence-corrected chi connectivity index (χ0v) is 17.7. The average Bonchev–Trinajstić information content (AvgIpc) is 2.67. The highest BCUT2D eigenvalue weighted by molar-refractivity contribution is 7.91. The van der Waals surface area contributed by atoms with Crippen molar-refractivity contribution in [1.29, 1.82) is 0 Å². The molecule has 0 bridgehead atoms. The summed E-state index contributed by atoms with van der Waals surface area (Å²) in [6.07, 6.45) is 1.27. The van der Waals surface area contributed by atoms with Gasteiger partial charge in [0.15, 0.2) is 9.84 Å². The Balaban J connectivity index is 1.90. The molecule has 1 amide bonds. The summed E-state index contributed by atoms with van der Waals surface area (Å²) < 4.78 is 50.7. The summed E-state index contributed by atoms with van der Waals surface area (Å²) >= 11 is 0. The molecule has 0 radical (unpaired) electrons. The lowest BCUT2D eigenvalue weighted by Gasteiger charge is -2.08. The molecule has 156 valence electrons. The first-order valence-electron chi connectivity index (χ1n) is 8.88. The van der Waals surface area contributed by atoms with Crippen LogP contribution in [0.4, 0.5) is 5.69 Å². The zero-order chi connectivity index (χ0) is 21.5. The number of rotatable bonds is 10. The number of anilines is 1. The van der Waals surface area contributed by atoms with Crippen LogP contribution in [-0.4, -0.2) is 35.0 Å². The van der Waals surface area contributed by atoms with Crippen molar-refractivity contribution in [2.45, 2.75) is 24.0 Å². The number of sulfone groups is 1. The molecule has 0 aliphatic carbocycles. The van der Waals surface area contributed by atoms with Crippen LogP contribution in [0.25, 0.3) is 0 Å². The van der Waals surface area contributed by atoms with E-state index in [1.807, 2.05) is 6.92 Å². The average molecular weight is 437 g/mol. The molecule has 0 aliphatic rings. The van der Waals surface area contributed by atoms with Gasteiger partial charge in [0.1, 0.15) is 0 Å². The van der Waals surface area contributed by atoms with Crippen LogP contribution in [0.3, 0.4) is 0 Å². The van der Waals surface area contributed by atoms with Gasteiger partial charge in [-0.15, -0.1) is 6.58 Å². The number of carbonyl (C=O) groups is 1. The smallest absolute Gasteiger partial charge is 0.225 e. The lowest BCUT2D eigenvalue weighted by molar-refractivity contribution is -0.115. The summed E-state index contributed by atoms with van der Waals surface area (Å²) in [6.45, 7) is 5.47. The van der Waals surface area contributed by atoms with E-state index in [0.29, 0.717) is 11.3 Å². The Hall–Kier alpha value is -2.49. The monoisotopic (exact) mass is 436 g/mol. The Morgan fingerprint density at radius 1 is 1.00 bits per heavy atom.